The lowest BCUT2D eigenvalue weighted by Gasteiger charge is -2.34. The van der Waals surface area contributed by atoms with Crippen LogP contribution in [0.25, 0.3) is 0 Å². The lowest BCUT2D eigenvalue weighted by molar-refractivity contribution is -0.131. The summed E-state index contributed by atoms with van der Waals surface area (Å²) in [4.78, 5) is 13.6. The Balaban J connectivity index is 0.00000196. The number of amides is 1. The Morgan fingerprint density at radius 2 is 2.27 bits per heavy atom. The standard InChI is InChI=1S/C10H20N2OS.ClH/c1-8(2)9-7-12(5-6-14-9)10(13)3-4-11;/h8-9H,3-7,11H2,1-2H3;1H. The first-order chi connectivity index (χ1) is 6.65. The van der Waals surface area contributed by atoms with Crippen LogP contribution in [0.4, 0.5) is 0 Å². The monoisotopic (exact) mass is 252 g/mol. The number of rotatable bonds is 3. The highest BCUT2D eigenvalue weighted by molar-refractivity contribution is 8.00. The Kier molecular flexibility index (Phi) is 7.40. The first-order valence-corrected chi connectivity index (χ1v) is 6.29. The quantitative estimate of drug-likeness (QED) is 0.825. The van der Waals surface area contributed by atoms with E-state index < -0.39 is 0 Å². The second-order valence-corrected chi connectivity index (χ2v) is 5.38. The fourth-order valence-electron chi connectivity index (χ4n) is 1.59. The van der Waals surface area contributed by atoms with E-state index in [0.717, 1.165) is 18.8 Å². The molecule has 0 aromatic carbocycles. The third-order valence-corrected chi connectivity index (χ3v) is 4.09. The van der Waals surface area contributed by atoms with Crippen LogP contribution >= 0.6 is 24.2 Å². The molecule has 3 nitrogen and oxygen atoms in total. The van der Waals surface area contributed by atoms with Gasteiger partial charge in [-0.1, -0.05) is 13.8 Å². The molecule has 0 aromatic rings. The molecule has 1 aliphatic rings. The lowest BCUT2D eigenvalue weighted by atomic mass is 10.1. The van der Waals surface area contributed by atoms with Gasteiger partial charge < -0.3 is 10.6 Å². The Morgan fingerprint density at radius 1 is 1.60 bits per heavy atom. The van der Waals surface area contributed by atoms with Gasteiger partial charge in [0.15, 0.2) is 0 Å². The van der Waals surface area contributed by atoms with E-state index in [2.05, 4.69) is 13.8 Å². The first-order valence-electron chi connectivity index (χ1n) is 5.24. The molecule has 0 saturated carbocycles. The van der Waals surface area contributed by atoms with E-state index >= 15 is 0 Å². The van der Waals surface area contributed by atoms with E-state index in [1.807, 2.05) is 16.7 Å². The van der Waals surface area contributed by atoms with Gasteiger partial charge in [-0.15, -0.1) is 12.4 Å². The summed E-state index contributed by atoms with van der Waals surface area (Å²) in [6.07, 6.45) is 0.496. The smallest absolute Gasteiger partial charge is 0.223 e. The molecule has 0 aromatic heterocycles. The molecular weight excluding hydrogens is 232 g/mol. The van der Waals surface area contributed by atoms with Crippen LogP contribution in [0.2, 0.25) is 0 Å². The molecule has 15 heavy (non-hydrogen) atoms. The van der Waals surface area contributed by atoms with Crippen molar-refractivity contribution in [1.82, 2.24) is 4.90 Å². The highest BCUT2D eigenvalue weighted by Gasteiger charge is 2.25. The Hall–Kier alpha value is 0.0700. The van der Waals surface area contributed by atoms with Crippen molar-refractivity contribution in [3.63, 3.8) is 0 Å². The second kappa shape index (κ2) is 7.36. The normalized spacial score (nSPS) is 21.3. The van der Waals surface area contributed by atoms with E-state index in [-0.39, 0.29) is 18.3 Å². The van der Waals surface area contributed by atoms with E-state index in [1.165, 1.54) is 0 Å². The summed E-state index contributed by atoms with van der Waals surface area (Å²) in [5, 5.41) is 0.602. The number of thioether (sulfide) groups is 1. The molecule has 0 spiro atoms. The molecule has 1 rings (SSSR count). The number of halogens is 1. The van der Waals surface area contributed by atoms with E-state index in [9.17, 15) is 4.79 Å². The third-order valence-electron chi connectivity index (χ3n) is 2.55. The van der Waals surface area contributed by atoms with Crippen molar-refractivity contribution < 1.29 is 4.79 Å². The number of hydrogen-bond donors (Lipinski definition) is 1. The van der Waals surface area contributed by atoms with Gasteiger partial charge in [-0.2, -0.15) is 11.8 Å². The van der Waals surface area contributed by atoms with Crippen molar-refractivity contribution in [1.29, 1.82) is 0 Å². The van der Waals surface area contributed by atoms with Crippen LogP contribution in [0.1, 0.15) is 20.3 Å². The molecular formula is C10H21ClN2OS. The van der Waals surface area contributed by atoms with Crippen molar-refractivity contribution in [3.8, 4) is 0 Å². The highest BCUT2D eigenvalue weighted by atomic mass is 35.5. The number of carbonyl (C=O) groups is 1. The minimum atomic E-state index is 0. The van der Waals surface area contributed by atoms with E-state index in [1.54, 1.807) is 0 Å². The maximum Gasteiger partial charge on any atom is 0.223 e. The van der Waals surface area contributed by atoms with Gasteiger partial charge in [-0.05, 0) is 5.92 Å². The molecule has 0 radical (unpaired) electrons. The zero-order valence-electron chi connectivity index (χ0n) is 9.44. The van der Waals surface area contributed by atoms with Crippen LogP contribution in [0.15, 0.2) is 0 Å². The SMILES string of the molecule is CC(C)C1CN(C(=O)CCN)CCS1.Cl. The van der Waals surface area contributed by atoms with Gasteiger partial charge >= 0.3 is 0 Å². The van der Waals surface area contributed by atoms with Crippen LogP contribution in [0, 0.1) is 5.92 Å². The van der Waals surface area contributed by atoms with Crippen molar-refractivity contribution in [2.45, 2.75) is 25.5 Å². The molecule has 1 amide bonds. The number of nitrogens with zero attached hydrogens (tertiary/aromatic N) is 1. The zero-order valence-corrected chi connectivity index (χ0v) is 11.1. The molecule has 0 aliphatic carbocycles. The number of carbonyl (C=O) groups excluding carboxylic acids is 1. The summed E-state index contributed by atoms with van der Waals surface area (Å²) >= 11 is 1.99. The van der Waals surface area contributed by atoms with E-state index in [4.69, 9.17) is 5.73 Å². The summed E-state index contributed by atoms with van der Waals surface area (Å²) in [6, 6.07) is 0. The average Bonchev–Trinajstić information content (AvgIpc) is 2.18. The van der Waals surface area contributed by atoms with Crippen molar-refractivity contribution in [2.24, 2.45) is 11.7 Å². The van der Waals surface area contributed by atoms with Gasteiger partial charge in [0.1, 0.15) is 0 Å². The zero-order chi connectivity index (χ0) is 10.6. The fourth-order valence-corrected chi connectivity index (χ4v) is 2.89. The van der Waals surface area contributed by atoms with Crippen LogP contribution < -0.4 is 5.73 Å². The highest BCUT2D eigenvalue weighted by Crippen LogP contribution is 2.24. The van der Waals surface area contributed by atoms with E-state index in [0.29, 0.717) is 24.1 Å². The molecule has 1 aliphatic heterocycles. The molecule has 1 heterocycles. The minimum absolute atomic E-state index is 0. The molecule has 1 unspecified atom stereocenters. The van der Waals surface area contributed by atoms with Crippen LogP contribution in [-0.4, -0.2) is 41.4 Å². The summed E-state index contributed by atoms with van der Waals surface area (Å²) in [5.74, 6) is 1.94. The minimum Gasteiger partial charge on any atom is -0.341 e. The fraction of sp³-hybridized carbons (Fsp3) is 0.900. The Bertz CT molecular complexity index is 202. The van der Waals surface area contributed by atoms with Crippen molar-refractivity contribution in [2.75, 3.05) is 25.4 Å². The number of hydrogen-bond acceptors (Lipinski definition) is 3. The second-order valence-electron chi connectivity index (χ2n) is 4.03. The summed E-state index contributed by atoms with van der Waals surface area (Å²) in [7, 11) is 0. The topological polar surface area (TPSA) is 46.3 Å². The van der Waals surface area contributed by atoms with Crippen LogP contribution in [0.3, 0.4) is 0 Å². The maximum atomic E-state index is 11.6. The Morgan fingerprint density at radius 3 is 2.80 bits per heavy atom. The number of nitrogens with two attached hydrogens (primary N) is 1. The predicted octanol–water partition coefficient (Wildman–Crippen LogP) is 1.36. The summed E-state index contributed by atoms with van der Waals surface area (Å²) in [5.41, 5.74) is 5.38. The molecule has 5 heteroatoms. The van der Waals surface area contributed by atoms with Crippen molar-refractivity contribution >= 4 is 30.1 Å². The van der Waals surface area contributed by atoms with Gasteiger partial charge in [0.05, 0.1) is 0 Å². The Labute approximate surface area is 103 Å². The van der Waals surface area contributed by atoms with Gasteiger partial charge in [-0.25, -0.2) is 0 Å². The van der Waals surface area contributed by atoms with Gasteiger partial charge in [0, 0.05) is 37.1 Å². The van der Waals surface area contributed by atoms with Crippen molar-refractivity contribution in [3.05, 3.63) is 0 Å². The maximum absolute atomic E-state index is 11.6. The largest absolute Gasteiger partial charge is 0.341 e. The summed E-state index contributed by atoms with van der Waals surface area (Å²) < 4.78 is 0. The van der Waals surface area contributed by atoms with Gasteiger partial charge in [0.2, 0.25) is 5.91 Å². The first kappa shape index (κ1) is 15.1. The van der Waals surface area contributed by atoms with Crippen LogP contribution in [0.5, 0.6) is 0 Å². The third kappa shape index (κ3) is 4.62. The molecule has 1 saturated heterocycles. The molecule has 0 bridgehead atoms. The summed E-state index contributed by atoms with van der Waals surface area (Å²) in [6.45, 7) is 6.70. The van der Waals surface area contributed by atoms with Gasteiger partial charge in [-0.3, -0.25) is 4.79 Å². The lowest BCUT2D eigenvalue weighted by Crippen LogP contribution is -2.44. The predicted molar refractivity (Wildman–Crippen MR) is 68.6 cm³/mol. The molecule has 1 atom stereocenters. The molecule has 2 N–H and O–H groups in total. The molecule has 90 valence electrons. The van der Waals surface area contributed by atoms with Crippen LogP contribution in [-0.2, 0) is 4.79 Å². The molecule has 1 fully saturated rings. The van der Waals surface area contributed by atoms with Gasteiger partial charge in [0.25, 0.3) is 0 Å². The average molecular weight is 253 g/mol.